The van der Waals surface area contributed by atoms with Gasteiger partial charge in [-0.25, -0.2) is 4.68 Å². The molecule has 1 aromatic heterocycles. The Morgan fingerprint density at radius 3 is 2.53 bits per heavy atom. The Labute approximate surface area is 187 Å². The molecule has 10 heteroatoms. The Bertz CT molecular complexity index is 1110. The number of fused-ring (bicyclic) bond motifs is 1. The zero-order valence-electron chi connectivity index (χ0n) is 17.5. The van der Waals surface area contributed by atoms with Crippen molar-refractivity contribution >= 4 is 23.4 Å². The molecule has 2 N–H and O–H groups in total. The van der Waals surface area contributed by atoms with Crippen LogP contribution in [0.4, 0.5) is 18.9 Å². The second-order valence-electron chi connectivity index (χ2n) is 7.40. The van der Waals surface area contributed by atoms with Crippen LogP contribution in [0.2, 0.25) is 0 Å². The summed E-state index contributed by atoms with van der Waals surface area (Å²) >= 11 is 1.24. The minimum absolute atomic E-state index is 0.0896. The van der Waals surface area contributed by atoms with Crippen molar-refractivity contribution in [3.63, 3.8) is 0 Å². The number of nitrogens with zero attached hydrogens (tertiary/aromatic N) is 3. The van der Waals surface area contributed by atoms with Gasteiger partial charge in [-0.15, -0.1) is 10.2 Å². The molecule has 1 aliphatic heterocycles. The highest BCUT2D eigenvalue weighted by molar-refractivity contribution is 8.00. The van der Waals surface area contributed by atoms with Crippen LogP contribution in [0, 0.1) is 0 Å². The van der Waals surface area contributed by atoms with Crippen LogP contribution in [-0.4, -0.2) is 26.0 Å². The van der Waals surface area contributed by atoms with Crippen LogP contribution >= 0.6 is 11.8 Å². The zero-order chi connectivity index (χ0) is 22.9. The number of aromatic nitrogens is 3. The molecule has 3 aromatic rings. The number of hydrogen-bond acceptors (Lipinski definition) is 5. The van der Waals surface area contributed by atoms with Gasteiger partial charge in [0.05, 0.1) is 11.6 Å². The number of alkyl halides is 3. The van der Waals surface area contributed by atoms with E-state index in [1.54, 1.807) is 4.68 Å². The van der Waals surface area contributed by atoms with E-state index in [-0.39, 0.29) is 5.69 Å². The number of rotatable bonds is 5. The molecule has 32 heavy (non-hydrogen) atoms. The van der Waals surface area contributed by atoms with Gasteiger partial charge in [0.2, 0.25) is 11.1 Å². The van der Waals surface area contributed by atoms with E-state index in [4.69, 9.17) is 0 Å². The van der Waals surface area contributed by atoms with E-state index in [0.717, 1.165) is 29.9 Å². The number of aryl methyl sites for hydroxylation is 2. The molecule has 0 saturated carbocycles. The Morgan fingerprint density at radius 2 is 1.88 bits per heavy atom. The van der Waals surface area contributed by atoms with Crippen LogP contribution < -0.4 is 10.7 Å². The predicted octanol–water partition coefficient (Wildman–Crippen LogP) is 4.82. The SMILES string of the molecule is CCc1ccc([C@H]2Nn3c(CC)nnc3S[C@@H]2C(=O)Nc2cccc(C(F)(F)F)c2)cc1. The van der Waals surface area contributed by atoms with Crippen molar-refractivity contribution in [3.05, 3.63) is 71.0 Å². The van der Waals surface area contributed by atoms with Gasteiger partial charge in [0.1, 0.15) is 5.25 Å². The monoisotopic (exact) mass is 461 g/mol. The second kappa shape index (κ2) is 8.85. The number of thioether (sulfide) groups is 1. The van der Waals surface area contributed by atoms with Crippen LogP contribution in [0.25, 0.3) is 0 Å². The van der Waals surface area contributed by atoms with Crippen LogP contribution in [0.3, 0.4) is 0 Å². The van der Waals surface area contributed by atoms with Gasteiger partial charge < -0.3 is 10.7 Å². The minimum Gasteiger partial charge on any atom is -0.325 e. The molecule has 4 rings (SSSR count). The van der Waals surface area contributed by atoms with Gasteiger partial charge in [0.25, 0.3) is 0 Å². The Morgan fingerprint density at radius 1 is 1.12 bits per heavy atom. The molecule has 0 spiro atoms. The van der Waals surface area contributed by atoms with Gasteiger partial charge in [0, 0.05) is 12.1 Å². The summed E-state index contributed by atoms with van der Waals surface area (Å²) in [5, 5.41) is 10.8. The molecule has 1 amide bonds. The molecular weight excluding hydrogens is 439 g/mol. The Balaban J connectivity index is 1.65. The molecule has 0 radical (unpaired) electrons. The summed E-state index contributed by atoms with van der Waals surface area (Å²) in [7, 11) is 0. The molecule has 0 saturated heterocycles. The van der Waals surface area contributed by atoms with Gasteiger partial charge in [-0.3, -0.25) is 4.79 Å². The third-order valence-electron chi connectivity index (χ3n) is 5.28. The van der Waals surface area contributed by atoms with Gasteiger partial charge in [-0.05, 0) is 35.7 Å². The molecule has 2 heterocycles. The molecule has 2 atom stereocenters. The van der Waals surface area contributed by atoms with Gasteiger partial charge >= 0.3 is 6.18 Å². The standard InChI is InChI=1S/C22H22F3N5OS/c1-3-13-8-10-14(11-9-13)18-19(32-21-28-27-17(4-2)30(21)29-18)20(31)26-16-7-5-6-15(12-16)22(23,24)25/h5-12,18-19,29H,3-4H2,1-2H3,(H,26,31)/t18-,19+/m1/s1. The predicted molar refractivity (Wildman–Crippen MR) is 117 cm³/mol. The third kappa shape index (κ3) is 4.45. The van der Waals surface area contributed by atoms with E-state index in [9.17, 15) is 18.0 Å². The van der Waals surface area contributed by atoms with E-state index in [1.807, 2.05) is 31.2 Å². The van der Waals surface area contributed by atoms with Crippen LogP contribution in [-0.2, 0) is 23.8 Å². The van der Waals surface area contributed by atoms with E-state index < -0.39 is 28.9 Å². The summed E-state index contributed by atoms with van der Waals surface area (Å²) in [5.74, 6) is 0.318. The summed E-state index contributed by atoms with van der Waals surface area (Å²) in [6, 6.07) is 12.1. The first-order valence-corrected chi connectivity index (χ1v) is 11.1. The minimum atomic E-state index is -4.49. The van der Waals surface area contributed by atoms with E-state index in [2.05, 4.69) is 27.9 Å². The number of halogens is 3. The molecule has 2 aromatic carbocycles. The molecule has 0 fully saturated rings. The number of amides is 1. The normalized spacial score (nSPS) is 18.0. The maximum atomic E-state index is 13.2. The van der Waals surface area contributed by atoms with Crippen molar-refractivity contribution in [2.75, 3.05) is 10.7 Å². The van der Waals surface area contributed by atoms with Gasteiger partial charge in [-0.2, -0.15) is 13.2 Å². The van der Waals surface area contributed by atoms with Gasteiger partial charge in [0.15, 0.2) is 5.82 Å². The maximum absolute atomic E-state index is 13.2. The Hall–Kier alpha value is -3.01. The molecule has 0 unspecified atom stereocenters. The summed E-state index contributed by atoms with van der Waals surface area (Å²) < 4.78 is 41.0. The fraction of sp³-hybridized carbons (Fsp3) is 0.318. The number of carbonyl (C=O) groups is 1. The third-order valence-corrected chi connectivity index (χ3v) is 6.50. The molecule has 0 aliphatic carbocycles. The van der Waals surface area contributed by atoms with E-state index >= 15 is 0 Å². The highest BCUT2D eigenvalue weighted by Gasteiger charge is 2.38. The smallest absolute Gasteiger partial charge is 0.325 e. The number of hydrogen-bond donors (Lipinski definition) is 2. The largest absolute Gasteiger partial charge is 0.416 e. The maximum Gasteiger partial charge on any atom is 0.416 e. The van der Waals surface area contributed by atoms with Crippen LogP contribution in [0.1, 0.15) is 42.4 Å². The fourth-order valence-electron chi connectivity index (χ4n) is 3.53. The van der Waals surface area contributed by atoms with Gasteiger partial charge in [-0.1, -0.05) is 55.9 Å². The number of carbonyl (C=O) groups excluding carboxylic acids is 1. The van der Waals surface area contributed by atoms with E-state index in [1.165, 1.54) is 29.5 Å². The first-order chi connectivity index (χ1) is 15.3. The lowest BCUT2D eigenvalue weighted by Gasteiger charge is -2.33. The van der Waals surface area contributed by atoms with Crippen LogP contribution in [0.5, 0.6) is 0 Å². The van der Waals surface area contributed by atoms with E-state index in [0.29, 0.717) is 11.6 Å². The lowest BCUT2D eigenvalue weighted by Crippen LogP contribution is -2.41. The van der Waals surface area contributed by atoms with Crippen molar-refractivity contribution in [2.24, 2.45) is 0 Å². The molecule has 1 aliphatic rings. The number of anilines is 1. The lowest BCUT2D eigenvalue weighted by molar-refractivity contribution is -0.137. The summed E-state index contributed by atoms with van der Waals surface area (Å²) in [4.78, 5) is 13.2. The topological polar surface area (TPSA) is 71.8 Å². The molecule has 6 nitrogen and oxygen atoms in total. The van der Waals surface area contributed by atoms with Crippen molar-refractivity contribution in [3.8, 4) is 0 Å². The van der Waals surface area contributed by atoms with Crippen molar-refractivity contribution in [1.29, 1.82) is 0 Å². The number of benzene rings is 2. The first-order valence-electron chi connectivity index (χ1n) is 10.2. The summed E-state index contributed by atoms with van der Waals surface area (Å²) in [5.41, 5.74) is 4.66. The molecular formula is C22H22F3N5OS. The average Bonchev–Trinajstić information content (AvgIpc) is 3.20. The first kappa shape index (κ1) is 22.2. The van der Waals surface area contributed by atoms with Crippen LogP contribution in [0.15, 0.2) is 53.7 Å². The van der Waals surface area contributed by atoms with Crippen molar-refractivity contribution in [2.45, 2.75) is 49.3 Å². The molecule has 0 bridgehead atoms. The average molecular weight is 462 g/mol. The summed E-state index contributed by atoms with van der Waals surface area (Å²) in [6.07, 6.45) is -2.94. The Kier molecular flexibility index (Phi) is 6.14. The zero-order valence-corrected chi connectivity index (χ0v) is 18.3. The second-order valence-corrected chi connectivity index (χ2v) is 8.50. The highest BCUT2D eigenvalue weighted by atomic mass is 32.2. The summed E-state index contributed by atoms with van der Waals surface area (Å²) in [6.45, 7) is 4.02. The lowest BCUT2D eigenvalue weighted by atomic mass is 10.0. The van der Waals surface area contributed by atoms with Crippen molar-refractivity contribution in [1.82, 2.24) is 14.9 Å². The quantitative estimate of drug-likeness (QED) is 0.570. The number of nitrogens with one attached hydrogen (secondary N) is 2. The highest BCUT2D eigenvalue weighted by Crippen LogP contribution is 2.38. The molecule has 168 valence electrons. The fourth-order valence-corrected chi connectivity index (χ4v) is 4.62. The van der Waals surface area contributed by atoms with Crippen molar-refractivity contribution < 1.29 is 18.0 Å².